The maximum Gasteiger partial charge on any atom is 0.244 e. The van der Waals surface area contributed by atoms with Gasteiger partial charge in [-0.25, -0.2) is 0 Å². The van der Waals surface area contributed by atoms with E-state index in [4.69, 9.17) is 0 Å². The normalized spacial score (nSPS) is 37.5. The Morgan fingerprint density at radius 1 is 1.37 bits per heavy atom. The zero-order valence-electron chi connectivity index (χ0n) is 16.1. The summed E-state index contributed by atoms with van der Waals surface area (Å²) < 4.78 is -0.613. The second kappa shape index (κ2) is 7.22. The molecule has 0 aliphatic carbocycles. The molecule has 3 fully saturated rings. The molecule has 7 nitrogen and oxygen atoms in total. The highest BCUT2D eigenvalue weighted by molar-refractivity contribution is 9.09. The third-order valence-electron chi connectivity index (χ3n) is 5.64. The van der Waals surface area contributed by atoms with Crippen LogP contribution in [0.5, 0.6) is 0 Å². The molecule has 0 aromatic carbocycles. The second-order valence-corrected chi connectivity index (χ2v) is 11.3. The quantitative estimate of drug-likeness (QED) is 0.517. The van der Waals surface area contributed by atoms with Crippen LogP contribution in [0.1, 0.15) is 33.6 Å². The molecule has 0 aromatic heterocycles. The molecule has 3 unspecified atom stereocenters. The molecular formula is C18H28BrN3O4S. The van der Waals surface area contributed by atoms with Crippen molar-refractivity contribution >= 4 is 45.4 Å². The number of carbonyl (C=O) groups excluding carboxylic acids is 3. The van der Waals surface area contributed by atoms with Crippen molar-refractivity contribution in [1.29, 1.82) is 0 Å². The molecule has 3 aliphatic heterocycles. The number of aliphatic hydroxyl groups excluding tert-OH is 1. The lowest BCUT2D eigenvalue weighted by Crippen LogP contribution is -2.57. The number of fused-ring (bicyclic) bond motifs is 1. The molecule has 0 aromatic rings. The molecule has 0 saturated carbocycles. The number of aliphatic hydroxyl groups is 1. The number of hydrogen-bond donors (Lipinski definition) is 3. The van der Waals surface area contributed by atoms with Crippen LogP contribution in [0.25, 0.3) is 0 Å². The highest BCUT2D eigenvalue weighted by atomic mass is 79.9. The topological polar surface area (TPSA) is 98.7 Å². The van der Waals surface area contributed by atoms with E-state index in [9.17, 15) is 19.5 Å². The van der Waals surface area contributed by atoms with Crippen molar-refractivity contribution in [3.63, 3.8) is 0 Å². The van der Waals surface area contributed by atoms with Crippen molar-refractivity contribution in [2.75, 3.05) is 20.2 Å². The Morgan fingerprint density at radius 3 is 2.59 bits per heavy atom. The van der Waals surface area contributed by atoms with Gasteiger partial charge in [0.2, 0.25) is 17.7 Å². The van der Waals surface area contributed by atoms with Gasteiger partial charge in [-0.15, -0.1) is 11.8 Å². The summed E-state index contributed by atoms with van der Waals surface area (Å²) in [6, 6.07) is -0.634. The molecule has 2 bridgehead atoms. The summed E-state index contributed by atoms with van der Waals surface area (Å²) in [5.74, 6) is -1.41. The number of amides is 3. The number of rotatable bonds is 5. The van der Waals surface area contributed by atoms with E-state index in [2.05, 4.69) is 26.6 Å². The third-order valence-corrected chi connectivity index (χ3v) is 8.86. The van der Waals surface area contributed by atoms with Crippen molar-refractivity contribution < 1.29 is 19.5 Å². The Hall–Kier alpha value is -0.800. The number of carbonyl (C=O) groups is 3. The molecule has 3 amide bonds. The summed E-state index contributed by atoms with van der Waals surface area (Å²) in [6.45, 7) is 6.00. The SMILES string of the molecule is CNC(=O)[C@H]1[C@@H]2SC3(CC2Br)C(C(=O)NC(C)(C)C)N(CCCO)C(=O)[C@H]13. The van der Waals surface area contributed by atoms with E-state index in [0.29, 0.717) is 19.4 Å². The summed E-state index contributed by atoms with van der Waals surface area (Å²) >= 11 is 5.31. The van der Waals surface area contributed by atoms with Crippen molar-refractivity contribution in [1.82, 2.24) is 15.5 Å². The zero-order chi connectivity index (χ0) is 20.1. The first-order valence-electron chi connectivity index (χ1n) is 9.34. The van der Waals surface area contributed by atoms with Crippen LogP contribution in [0.2, 0.25) is 0 Å². The Labute approximate surface area is 172 Å². The van der Waals surface area contributed by atoms with Gasteiger partial charge >= 0.3 is 0 Å². The number of halogens is 1. The standard InChI is InChI=1S/C18H28BrN3O4S/c1-17(2,3)21-15(25)13-18-8-9(19)12(27-18)10(14(24)20-4)11(18)16(26)22(13)6-5-7-23/h9-13,23H,5-8H2,1-4H3,(H,20,24)(H,21,25)/t9?,10-,11+,12-,13?,18?/m1/s1. The molecule has 3 N–H and O–H groups in total. The molecule has 27 heavy (non-hydrogen) atoms. The molecule has 9 heteroatoms. The largest absolute Gasteiger partial charge is 0.396 e. The lowest BCUT2D eigenvalue weighted by molar-refractivity contribution is -0.140. The van der Waals surface area contributed by atoms with Crippen LogP contribution in [-0.4, -0.2) is 74.3 Å². The minimum Gasteiger partial charge on any atom is -0.396 e. The van der Waals surface area contributed by atoms with Gasteiger partial charge in [0.1, 0.15) is 6.04 Å². The summed E-state index contributed by atoms with van der Waals surface area (Å²) in [5, 5.41) is 15.0. The molecule has 3 saturated heterocycles. The van der Waals surface area contributed by atoms with Crippen LogP contribution in [0.4, 0.5) is 0 Å². The maximum atomic E-state index is 13.4. The van der Waals surface area contributed by atoms with Gasteiger partial charge in [0.15, 0.2) is 0 Å². The average Bonchev–Trinajstić information content (AvgIpc) is 3.14. The van der Waals surface area contributed by atoms with Crippen molar-refractivity contribution in [2.24, 2.45) is 11.8 Å². The minimum absolute atomic E-state index is 0.0242. The van der Waals surface area contributed by atoms with Gasteiger partial charge < -0.3 is 20.6 Å². The number of nitrogens with one attached hydrogen (secondary N) is 2. The number of hydrogen-bond acceptors (Lipinski definition) is 5. The van der Waals surface area contributed by atoms with E-state index < -0.39 is 28.2 Å². The van der Waals surface area contributed by atoms with E-state index in [0.717, 1.165) is 0 Å². The van der Waals surface area contributed by atoms with Crippen LogP contribution in [-0.2, 0) is 14.4 Å². The van der Waals surface area contributed by atoms with E-state index in [-0.39, 0.29) is 34.4 Å². The van der Waals surface area contributed by atoms with Gasteiger partial charge in [-0.2, -0.15) is 0 Å². The predicted molar refractivity (Wildman–Crippen MR) is 108 cm³/mol. The summed E-state index contributed by atoms with van der Waals surface area (Å²) in [4.78, 5) is 40.9. The third kappa shape index (κ3) is 3.29. The Kier molecular flexibility index (Phi) is 5.60. The van der Waals surface area contributed by atoms with Crippen LogP contribution >= 0.6 is 27.7 Å². The van der Waals surface area contributed by atoms with Crippen molar-refractivity contribution in [2.45, 2.75) is 60.0 Å². The van der Waals surface area contributed by atoms with E-state index >= 15 is 0 Å². The second-order valence-electron chi connectivity index (χ2n) is 8.63. The molecule has 6 atom stereocenters. The molecule has 3 aliphatic rings. The monoisotopic (exact) mass is 461 g/mol. The number of likely N-dealkylation sites (tertiary alicyclic amines) is 1. The number of alkyl halides is 1. The Balaban J connectivity index is 2.03. The van der Waals surface area contributed by atoms with E-state index in [1.165, 1.54) is 0 Å². The highest BCUT2D eigenvalue weighted by Crippen LogP contribution is 2.67. The molecule has 0 radical (unpaired) electrons. The fourth-order valence-corrected chi connectivity index (χ4v) is 8.43. The van der Waals surface area contributed by atoms with Crippen LogP contribution in [0.15, 0.2) is 0 Å². The highest BCUT2D eigenvalue weighted by Gasteiger charge is 2.75. The molecule has 3 rings (SSSR count). The van der Waals surface area contributed by atoms with E-state index in [1.54, 1.807) is 23.7 Å². The first-order valence-corrected chi connectivity index (χ1v) is 11.1. The van der Waals surface area contributed by atoms with Crippen LogP contribution in [0, 0.1) is 11.8 Å². The first-order chi connectivity index (χ1) is 12.6. The van der Waals surface area contributed by atoms with E-state index in [1.807, 2.05) is 20.8 Å². The Morgan fingerprint density at radius 2 is 2.04 bits per heavy atom. The number of nitrogens with zero attached hydrogens (tertiary/aromatic N) is 1. The molecule has 152 valence electrons. The lowest BCUT2D eigenvalue weighted by Gasteiger charge is -2.36. The van der Waals surface area contributed by atoms with Crippen LogP contribution < -0.4 is 10.6 Å². The summed E-state index contributed by atoms with van der Waals surface area (Å²) in [7, 11) is 1.58. The smallest absolute Gasteiger partial charge is 0.244 e. The van der Waals surface area contributed by atoms with Gasteiger partial charge in [-0.1, -0.05) is 15.9 Å². The van der Waals surface area contributed by atoms with Gasteiger partial charge in [-0.3, -0.25) is 14.4 Å². The fraction of sp³-hybridized carbons (Fsp3) is 0.833. The lowest BCUT2D eigenvalue weighted by atomic mass is 9.70. The molecule has 3 heterocycles. The zero-order valence-corrected chi connectivity index (χ0v) is 18.5. The van der Waals surface area contributed by atoms with Gasteiger partial charge in [0, 0.05) is 35.8 Å². The van der Waals surface area contributed by atoms with Crippen molar-refractivity contribution in [3.05, 3.63) is 0 Å². The van der Waals surface area contributed by atoms with Gasteiger partial charge in [-0.05, 0) is 33.6 Å². The summed E-state index contributed by atoms with van der Waals surface area (Å²) in [5.41, 5.74) is -0.424. The summed E-state index contributed by atoms with van der Waals surface area (Å²) in [6.07, 6.45) is 1.08. The first kappa shape index (κ1) is 20.9. The van der Waals surface area contributed by atoms with Gasteiger partial charge in [0.25, 0.3) is 0 Å². The predicted octanol–water partition coefficient (Wildman–Crippen LogP) is 0.494. The van der Waals surface area contributed by atoms with Crippen molar-refractivity contribution in [3.8, 4) is 0 Å². The molecule has 1 spiro atoms. The molecular weight excluding hydrogens is 434 g/mol. The van der Waals surface area contributed by atoms with Gasteiger partial charge in [0.05, 0.1) is 16.6 Å². The average molecular weight is 462 g/mol. The fourth-order valence-electron chi connectivity index (χ4n) is 4.82. The maximum absolute atomic E-state index is 13.4. The Bertz CT molecular complexity index is 655. The minimum atomic E-state index is -0.634. The number of thioether (sulfide) groups is 1. The van der Waals surface area contributed by atoms with Crippen LogP contribution in [0.3, 0.4) is 0 Å².